The van der Waals surface area contributed by atoms with Crippen LogP contribution in [0.3, 0.4) is 0 Å². The molecule has 0 amide bonds. The lowest BCUT2D eigenvalue weighted by Crippen LogP contribution is -1.94. The highest BCUT2D eigenvalue weighted by molar-refractivity contribution is 9.10. The van der Waals surface area contributed by atoms with Gasteiger partial charge in [0.15, 0.2) is 4.67 Å². The minimum Gasteiger partial charge on any atom is -0.457 e. The molecule has 1 unspecified atom stereocenters. The van der Waals surface area contributed by atoms with Gasteiger partial charge in [-0.2, -0.15) is 0 Å². The van der Waals surface area contributed by atoms with Gasteiger partial charge in [0, 0.05) is 10.6 Å². The van der Waals surface area contributed by atoms with Gasteiger partial charge in [-0.15, -0.1) is 11.6 Å². The Balaban J connectivity index is 2.14. The second-order valence-corrected chi connectivity index (χ2v) is 5.13. The van der Waals surface area contributed by atoms with Crippen LogP contribution in [0.1, 0.15) is 16.5 Å². The van der Waals surface area contributed by atoms with Crippen molar-refractivity contribution in [1.29, 1.82) is 0 Å². The van der Waals surface area contributed by atoms with E-state index in [9.17, 15) is 0 Å². The summed E-state index contributed by atoms with van der Waals surface area (Å²) in [5.74, 6) is 0. The fourth-order valence-corrected chi connectivity index (χ4v) is 2.72. The molecule has 1 heterocycles. The maximum absolute atomic E-state index is 6.31. The number of halogens is 3. The molecule has 1 aromatic carbocycles. The van der Waals surface area contributed by atoms with E-state index in [1.807, 2.05) is 30.3 Å². The molecule has 0 aliphatic rings. The first-order valence-electron chi connectivity index (χ1n) is 4.78. The van der Waals surface area contributed by atoms with Gasteiger partial charge < -0.3 is 4.42 Å². The van der Waals surface area contributed by atoms with E-state index in [1.54, 1.807) is 6.26 Å². The summed E-state index contributed by atoms with van der Waals surface area (Å²) in [7, 11) is 0. The van der Waals surface area contributed by atoms with Crippen LogP contribution in [0.4, 0.5) is 0 Å². The van der Waals surface area contributed by atoms with Crippen LogP contribution < -0.4 is 0 Å². The van der Waals surface area contributed by atoms with Gasteiger partial charge in [0.1, 0.15) is 0 Å². The highest BCUT2D eigenvalue weighted by atomic mass is 79.9. The van der Waals surface area contributed by atoms with Crippen molar-refractivity contribution in [3.63, 3.8) is 0 Å². The first-order valence-corrected chi connectivity index (χ1v) is 6.39. The zero-order valence-electron chi connectivity index (χ0n) is 8.29. The van der Waals surface area contributed by atoms with Crippen molar-refractivity contribution < 1.29 is 4.42 Å². The fourth-order valence-electron chi connectivity index (χ4n) is 1.51. The van der Waals surface area contributed by atoms with Crippen LogP contribution in [-0.2, 0) is 6.42 Å². The molecule has 4 heteroatoms. The Morgan fingerprint density at radius 3 is 2.75 bits per heavy atom. The van der Waals surface area contributed by atoms with Gasteiger partial charge in [-0.1, -0.05) is 23.7 Å². The molecule has 0 aliphatic heterocycles. The summed E-state index contributed by atoms with van der Waals surface area (Å²) in [4.78, 5) is 0. The average Bonchev–Trinajstić information content (AvgIpc) is 2.64. The zero-order chi connectivity index (χ0) is 11.5. The van der Waals surface area contributed by atoms with E-state index in [2.05, 4.69) is 15.9 Å². The summed E-state index contributed by atoms with van der Waals surface area (Å²) in [5, 5.41) is 0.610. The van der Waals surface area contributed by atoms with E-state index in [4.69, 9.17) is 27.6 Å². The van der Waals surface area contributed by atoms with Gasteiger partial charge in [0.05, 0.1) is 11.6 Å². The summed E-state index contributed by atoms with van der Waals surface area (Å²) in [5.41, 5.74) is 2.07. The highest BCUT2D eigenvalue weighted by Gasteiger charge is 2.14. The molecule has 0 bridgehead atoms. The van der Waals surface area contributed by atoms with Gasteiger partial charge in [0.25, 0.3) is 0 Å². The molecule has 0 saturated carbocycles. The van der Waals surface area contributed by atoms with Crippen molar-refractivity contribution >= 4 is 39.1 Å². The molecular formula is C12H9BrCl2O. The molecule has 0 radical (unpaired) electrons. The van der Waals surface area contributed by atoms with Crippen LogP contribution >= 0.6 is 39.1 Å². The van der Waals surface area contributed by atoms with Crippen molar-refractivity contribution in [1.82, 2.24) is 0 Å². The predicted molar refractivity (Wildman–Crippen MR) is 70.2 cm³/mol. The number of benzene rings is 1. The Morgan fingerprint density at radius 1 is 1.31 bits per heavy atom. The van der Waals surface area contributed by atoms with Crippen molar-refractivity contribution in [2.75, 3.05) is 0 Å². The van der Waals surface area contributed by atoms with Crippen LogP contribution in [0, 0.1) is 0 Å². The SMILES string of the molecule is Clc1cccc(CC(Cl)c2ccoc2Br)c1. The number of hydrogen-bond donors (Lipinski definition) is 0. The van der Waals surface area contributed by atoms with Crippen molar-refractivity contribution in [3.8, 4) is 0 Å². The summed E-state index contributed by atoms with van der Waals surface area (Å²) in [6.07, 6.45) is 2.34. The standard InChI is InChI=1S/C12H9BrCl2O/c13-12-10(4-5-16-12)11(15)7-8-2-1-3-9(14)6-8/h1-6,11H,7H2. The number of hydrogen-bond acceptors (Lipinski definition) is 1. The maximum Gasteiger partial charge on any atom is 0.173 e. The number of rotatable bonds is 3. The molecule has 1 nitrogen and oxygen atoms in total. The largest absolute Gasteiger partial charge is 0.457 e. The predicted octanol–water partition coefficient (Wildman–Crippen LogP) is 5.22. The van der Waals surface area contributed by atoms with Gasteiger partial charge in [-0.25, -0.2) is 0 Å². The lowest BCUT2D eigenvalue weighted by Gasteiger charge is -2.08. The molecule has 16 heavy (non-hydrogen) atoms. The Morgan fingerprint density at radius 2 is 2.12 bits per heavy atom. The summed E-state index contributed by atoms with van der Waals surface area (Å²) in [6.45, 7) is 0. The van der Waals surface area contributed by atoms with Gasteiger partial charge >= 0.3 is 0 Å². The van der Waals surface area contributed by atoms with E-state index in [0.29, 0.717) is 4.67 Å². The Hall–Kier alpha value is -0.440. The zero-order valence-corrected chi connectivity index (χ0v) is 11.4. The quantitative estimate of drug-likeness (QED) is 0.707. The fraction of sp³-hybridized carbons (Fsp3) is 0.167. The third kappa shape index (κ3) is 2.82. The second-order valence-electron chi connectivity index (χ2n) is 3.45. The molecule has 2 aromatic rings. The second kappa shape index (κ2) is 5.26. The maximum atomic E-state index is 6.31. The number of alkyl halides is 1. The van der Waals surface area contributed by atoms with Gasteiger partial charge in [0.2, 0.25) is 0 Å². The van der Waals surface area contributed by atoms with Crippen LogP contribution in [0.15, 0.2) is 45.7 Å². The smallest absolute Gasteiger partial charge is 0.173 e. The van der Waals surface area contributed by atoms with Crippen molar-refractivity contribution in [3.05, 3.63) is 57.4 Å². The van der Waals surface area contributed by atoms with E-state index >= 15 is 0 Å². The Kier molecular flexibility index (Phi) is 3.95. The average molecular weight is 320 g/mol. The third-order valence-electron chi connectivity index (χ3n) is 2.29. The van der Waals surface area contributed by atoms with Gasteiger partial charge in [-0.05, 0) is 46.1 Å². The third-order valence-corrected chi connectivity index (χ3v) is 3.56. The molecule has 1 atom stereocenters. The minimum atomic E-state index is -0.119. The summed E-state index contributed by atoms with van der Waals surface area (Å²) >= 11 is 15.5. The molecule has 0 aliphatic carbocycles. The topological polar surface area (TPSA) is 13.1 Å². The monoisotopic (exact) mass is 318 g/mol. The molecule has 0 N–H and O–H groups in total. The molecule has 2 rings (SSSR count). The Labute approximate surface area is 112 Å². The number of furan rings is 1. The van der Waals surface area contributed by atoms with Crippen LogP contribution in [-0.4, -0.2) is 0 Å². The van der Waals surface area contributed by atoms with Crippen molar-refractivity contribution in [2.24, 2.45) is 0 Å². The summed E-state index contributed by atoms with van der Waals surface area (Å²) < 4.78 is 5.84. The highest BCUT2D eigenvalue weighted by Crippen LogP contribution is 2.32. The minimum absolute atomic E-state index is 0.119. The molecule has 0 spiro atoms. The lowest BCUT2D eigenvalue weighted by molar-refractivity contribution is 0.536. The molecule has 0 fully saturated rings. The van der Waals surface area contributed by atoms with Crippen molar-refractivity contribution in [2.45, 2.75) is 11.8 Å². The van der Waals surface area contributed by atoms with Crippen LogP contribution in [0.5, 0.6) is 0 Å². The molecule has 0 saturated heterocycles. The van der Waals surface area contributed by atoms with E-state index in [-0.39, 0.29) is 5.38 Å². The Bertz CT molecular complexity index is 481. The van der Waals surface area contributed by atoms with E-state index in [1.165, 1.54) is 0 Å². The van der Waals surface area contributed by atoms with E-state index < -0.39 is 0 Å². The first-order chi connectivity index (χ1) is 7.66. The first kappa shape index (κ1) is 12.0. The van der Waals surface area contributed by atoms with Crippen LogP contribution in [0.2, 0.25) is 5.02 Å². The van der Waals surface area contributed by atoms with Gasteiger partial charge in [-0.3, -0.25) is 0 Å². The summed E-state index contributed by atoms with van der Waals surface area (Å²) in [6, 6.07) is 9.57. The molecule has 1 aromatic heterocycles. The molecular weight excluding hydrogens is 311 g/mol. The molecule has 84 valence electrons. The van der Waals surface area contributed by atoms with E-state index in [0.717, 1.165) is 22.6 Å². The lowest BCUT2D eigenvalue weighted by atomic mass is 10.1. The van der Waals surface area contributed by atoms with Crippen LogP contribution in [0.25, 0.3) is 0 Å². The normalized spacial score (nSPS) is 12.7.